The summed E-state index contributed by atoms with van der Waals surface area (Å²) >= 11 is 5.97. The highest BCUT2D eigenvalue weighted by molar-refractivity contribution is 6.43. The number of methoxy groups -OCH3 is 1. The van der Waals surface area contributed by atoms with E-state index in [4.69, 9.17) is 16.3 Å². The third kappa shape index (κ3) is 3.98. The number of para-hydroxylation sites is 1. The van der Waals surface area contributed by atoms with Crippen molar-refractivity contribution in [2.24, 2.45) is 0 Å². The van der Waals surface area contributed by atoms with Gasteiger partial charge in [0.2, 0.25) is 0 Å². The second-order valence-electron chi connectivity index (χ2n) is 4.69. The minimum Gasteiger partial charge on any atom is -0.495 e. The van der Waals surface area contributed by atoms with Gasteiger partial charge in [0, 0.05) is 11.1 Å². The van der Waals surface area contributed by atoms with E-state index in [9.17, 15) is 14.0 Å². The van der Waals surface area contributed by atoms with Gasteiger partial charge in [-0.3, -0.25) is 9.59 Å². The van der Waals surface area contributed by atoms with Gasteiger partial charge in [-0.15, -0.1) is 0 Å². The summed E-state index contributed by atoms with van der Waals surface area (Å²) in [7, 11) is 1.41. The number of halogens is 2. The minimum absolute atomic E-state index is 0.0769. The highest BCUT2D eigenvalue weighted by Gasteiger charge is 2.18. The molecule has 0 heterocycles. The molecule has 2 N–H and O–H groups in total. The number of hydrogen-bond acceptors (Lipinski definition) is 3. The van der Waals surface area contributed by atoms with Crippen LogP contribution in [-0.2, 0) is 9.59 Å². The summed E-state index contributed by atoms with van der Waals surface area (Å²) in [5.74, 6) is -2.26. The third-order valence-corrected chi connectivity index (χ3v) is 3.46. The van der Waals surface area contributed by atoms with Crippen LogP contribution >= 0.6 is 11.6 Å². The van der Waals surface area contributed by atoms with Crippen molar-refractivity contribution in [2.75, 3.05) is 17.7 Å². The fraction of sp³-hybridized carbons (Fsp3) is 0.125. The second-order valence-corrected chi connectivity index (χ2v) is 5.10. The maximum atomic E-state index is 13.5. The molecule has 0 atom stereocenters. The Kier molecular flexibility index (Phi) is 5.18. The summed E-state index contributed by atoms with van der Waals surface area (Å²) in [6, 6.07) is 8.66. The standard InChI is InChI=1S/C16H14ClFN2O3/c1-9-7-13(14(23-2)8-10(9)17)20-16(22)15(21)19-12-6-4-3-5-11(12)18/h3-8H,1-2H3,(H,19,21)(H,20,22). The van der Waals surface area contributed by atoms with Crippen LogP contribution in [0.25, 0.3) is 0 Å². The lowest BCUT2D eigenvalue weighted by Gasteiger charge is -2.12. The number of nitrogens with one attached hydrogen (secondary N) is 2. The van der Waals surface area contributed by atoms with Crippen molar-refractivity contribution in [2.45, 2.75) is 6.92 Å². The Hall–Kier alpha value is -2.60. The first kappa shape index (κ1) is 16.8. The molecule has 120 valence electrons. The van der Waals surface area contributed by atoms with Gasteiger partial charge in [0.1, 0.15) is 11.6 Å². The van der Waals surface area contributed by atoms with E-state index in [2.05, 4.69) is 10.6 Å². The van der Waals surface area contributed by atoms with Gasteiger partial charge in [-0.25, -0.2) is 4.39 Å². The number of aryl methyl sites for hydroxylation is 1. The predicted molar refractivity (Wildman–Crippen MR) is 86.4 cm³/mol. The number of carbonyl (C=O) groups is 2. The van der Waals surface area contributed by atoms with E-state index in [-0.39, 0.29) is 5.69 Å². The Morgan fingerprint density at radius 1 is 1.09 bits per heavy atom. The zero-order chi connectivity index (χ0) is 17.0. The fourth-order valence-corrected chi connectivity index (χ4v) is 2.00. The molecule has 0 radical (unpaired) electrons. The highest BCUT2D eigenvalue weighted by atomic mass is 35.5. The van der Waals surface area contributed by atoms with Gasteiger partial charge >= 0.3 is 11.8 Å². The third-order valence-electron chi connectivity index (χ3n) is 3.06. The summed E-state index contributed by atoms with van der Waals surface area (Å²) in [5.41, 5.74) is 0.923. The molecule has 5 nitrogen and oxygen atoms in total. The summed E-state index contributed by atoms with van der Waals surface area (Å²) in [6.45, 7) is 1.75. The molecular weight excluding hydrogens is 323 g/mol. The molecule has 2 aromatic carbocycles. The van der Waals surface area contributed by atoms with Gasteiger partial charge in [-0.1, -0.05) is 23.7 Å². The lowest BCUT2D eigenvalue weighted by molar-refractivity contribution is -0.133. The molecule has 0 saturated heterocycles. The van der Waals surface area contributed by atoms with E-state index < -0.39 is 17.6 Å². The van der Waals surface area contributed by atoms with Crippen LogP contribution in [0.15, 0.2) is 36.4 Å². The summed E-state index contributed by atoms with van der Waals surface area (Å²) in [5, 5.41) is 5.08. The molecule has 2 aromatic rings. The molecule has 0 bridgehead atoms. The number of rotatable bonds is 3. The Labute approximate surface area is 137 Å². The molecule has 0 aliphatic heterocycles. The van der Waals surface area contributed by atoms with Crippen LogP contribution in [0.4, 0.5) is 15.8 Å². The van der Waals surface area contributed by atoms with E-state index in [1.807, 2.05) is 0 Å². The van der Waals surface area contributed by atoms with Crippen molar-refractivity contribution in [3.8, 4) is 5.75 Å². The van der Waals surface area contributed by atoms with Crippen LogP contribution in [0.3, 0.4) is 0 Å². The number of benzene rings is 2. The Bertz CT molecular complexity index is 765. The smallest absolute Gasteiger partial charge is 0.314 e. The van der Waals surface area contributed by atoms with Gasteiger partial charge in [-0.2, -0.15) is 0 Å². The maximum Gasteiger partial charge on any atom is 0.314 e. The molecule has 0 aliphatic rings. The molecule has 2 rings (SSSR count). The van der Waals surface area contributed by atoms with Gasteiger partial charge in [-0.05, 0) is 30.7 Å². The Balaban J connectivity index is 2.14. The van der Waals surface area contributed by atoms with Crippen molar-refractivity contribution in [3.63, 3.8) is 0 Å². The molecule has 0 fully saturated rings. The van der Waals surface area contributed by atoms with E-state index >= 15 is 0 Å². The van der Waals surface area contributed by atoms with Crippen LogP contribution in [0, 0.1) is 12.7 Å². The van der Waals surface area contributed by atoms with Gasteiger partial charge < -0.3 is 15.4 Å². The summed E-state index contributed by atoms with van der Waals surface area (Å²) in [6.07, 6.45) is 0. The molecular formula is C16H14ClFN2O3. The monoisotopic (exact) mass is 336 g/mol. The number of anilines is 2. The second kappa shape index (κ2) is 7.11. The minimum atomic E-state index is -0.996. The first-order chi connectivity index (χ1) is 10.9. The average Bonchev–Trinajstić information content (AvgIpc) is 2.52. The van der Waals surface area contributed by atoms with Crippen molar-refractivity contribution < 1.29 is 18.7 Å². The zero-order valence-corrected chi connectivity index (χ0v) is 13.2. The molecule has 23 heavy (non-hydrogen) atoms. The molecule has 0 unspecified atom stereocenters. The first-order valence-electron chi connectivity index (χ1n) is 6.63. The van der Waals surface area contributed by atoms with Crippen molar-refractivity contribution >= 4 is 34.8 Å². The maximum absolute atomic E-state index is 13.5. The highest BCUT2D eigenvalue weighted by Crippen LogP contribution is 2.30. The average molecular weight is 337 g/mol. The number of amides is 2. The van der Waals surface area contributed by atoms with Crippen molar-refractivity contribution in [1.82, 2.24) is 0 Å². The lowest BCUT2D eigenvalue weighted by atomic mass is 10.2. The van der Waals surface area contributed by atoms with E-state index in [1.165, 1.54) is 31.4 Å². The largest absolute Gasteiger partial charge is 0.495 e. The Morgan fingerprint density at radius 2 is 1.70 bits per heavy atom. The van der Waals surface area contributed by atoms with Crippen LogP contribution in [0.5, 0.6) is 5.75 Å². The SMILES string of the molecule is COc1cc(Cl)c(C)cc1NC(=O)C(=O)Nc1ccccc1F. The van der Waals surface area contributed by atoms with Crippen molar-refractivity contribution in [3.05, 3.63) is 52.8 Å². The summed E-state index contributed by atoms with van der Waals surface area (Å²) in [4.78, 5) is 23.8. The molecule has 0 aliphatic carbocycles. The summed E-state index contributed by atoms with van der Waals surface area (Å²) < 4.78 is 18.6. The Morgan fingerprint density at radius 3 is 2.30 bits per heavy atom. The first-order valence-corrected chi connectivity index (χ1v) is 7.01. The van der Waals surface area contributed by atoms with Crippen LogP contribution < -0.4 is 15.4 Å². The molecule has 0 saturated carbocycles. The van der Waals surface area contributed by atoms with E-state index in [1.54, 1.807) is 19.1 Å². The topological polar surface area (TPSA) is 67.4 Å². The van der Waals surface area contributed by atoms with Gasteiger partial charge in [0.15, 0.2) is 0 Å². The fourth-order valence-electron chi connectivity index (χ4n) is 1.85. The zero-order valence-electron chi connectivity index (χ0n) is 12.4. The predicted octanol–water partition coefficient (Wildman–Crippen LogP) is 3.37. The number of ether oxygens (including phenoxy) is 1. The van der Waals surface area contributed by atoms with E-state index in [0.29, 0.717) is 22.0 Å². The van der Waals surface area contributed by atoms with Crippen LogP contribution in [0.2, 0.25) is 5.02 Å². The van der Waals surface area contributed by atoms with Crippen LogP contribution in [-0.4, -0.2) is 18.9 Å². The quantitative estimate of drug-likeness (QED) is 0.844. The molecule has 0 spiro atoms. The molecule has 0 aromatic heterocycles. The lowest BCUT2D eigenvalue weighted by Crippen LogP contribution is -2.29. The van der Waals surface area contributed by atoms with E-state index in [0.717, 1.165) is 0 Å². The van der Waals surface area contributed by atoms with Crippen LogP contribution in [0.1, 0.15) is 5.56 Å². The van der Waals surface area contributed by atoms with Crippen molar-refractivity contribution in [1.29, 1.82) is 0 Å². The number of hydrogen-bond donors (Lipinski definition) is 2. The molecule has 7 heteroatoms. The normalized spacial score (nSPS) is 10.1. The van der Waals surface area contributed by atoms with Gasteiger partial charge in [0.05, 0.1) is 18.5 Å². The molecule has 2 amide bonds. The van der Waals surface area contributed by atoms with Gasteiger partial charge in [0.25, 0.3) is 0 Å². The number of carbonyl (C=O) groups excluding carboxylic acids is 2.